The standard InChI is InChI=1S/C16H28BNO4.C15H20N2O2.C5H4BrN.ClH/c1-14(2,3)20-13(19)18-10-8-9-12(11-18)17-21-15(4,5)16(6,7)22-17;1-15(2,3)19-14(18)17-10-4-5-13(11-17)12-6-8-16-9-7-12;6-5-1-3-7-4-2-5;/h9H,8,10-11H2,1-7H3;5-9H,4,10-11H2,1-3H3;1-4H;1H. The van der Waals surface area contributed by atoms with Crippen molar-refractivity contribution in [3.8, 4) is 0 Å². The number of carbonyl (C=O) groups excluding carboxylic acids is 2. The lowest BCUT2D eigenvalue weighted by Gasteiger charge is -2.32. The molecule has 1 fully saturated rings. The summed E-state index contributed by atoms with van der Waals surface area (Å²) in [4.78, 5) is 35.6. The third kappa shape index (κ3) is 13.7. The van der Waals surface area contributed by atoms with Crippen LogP contribution >= 0.6 is 28.3 Å². The zero-order chi connectivity index (χ0) is 35.8. The lowest BCUT2D eigenvalue weighted by atomic mass is 9.76. The van der Waals surface area contributed by atoms with Crippen LogP contribution in [0.4, 0.5) is 9.59 Å². The monoisotopic (exact) mass is 762 g/mol. The third-order valence-electron chi connectivity index (χ3n) is 7.88. The Morgan fingerprint density at radius 3 is 1.61 bits per heavy atom. The van der Waals surface area contributed by atoms with Crippen LogP contribution < -0.4 is 0 Å². The minimum atomic E-state index is -0.483. The first-order valence-electron chi connectivity index (χ1n) is 16.4. The fourth-order valence-corrected chi connectivity index (χ4v) is 4.99. The summed E-state index contributed by atoms with van der Waals surface area (Å²) in [5.74, 6) is 0. The van der Waals surface area contributed by atoms with E-state index in [1.54, 1.807) is 34.6 Å². The van der Waals surface area contributed by atoms with E-state index < -0.39 is 18.3 Å². The summed E-state index contributed by atoms with van der Waals surface area (Å²) < 4.78 is 24.1. The van der Waals surface area contributed by atoms with Gasteiger partial charge in [0.15, 0.2) is 0 Å². The minimum Gasteiger partial charge on any atom is -0.444 e. The van der Waals surface area contributed by atoms with Crippen LogP contribution in [0.2, 0.25) is 0 Å². The van der Waals surface area contributed by atoms with Crippen molar-refractivity contribution in [2.45, 2.75) is 104 Å². The molecule has 1 saturated heterocycles. The van der Waals surface area contributed by atoms with Crippen molar-refractivity contribution in [1.29, 1.82) is 0 Å². The molecular formula is C36H53BBrClN4O6. The molecule has 0 bridgehead atoms. The maximum absolute atomic E-state index is 12.2. The van der Waals surface area contributed by atoms with Crippen molar-refractivity contribution in [3.63, 3.8) is 0 Å². The summed E-state index contributed by atoms with van der Waals surface area (Å²) in [6, 6.07) is 7.70. The van der Waals surface area contributed by atoms with E-state index >= 15 is 0 Å². The quantitative estimate of drug-likeness (QED) is 0.281. The molecule has 10 nitrogen and oxygen atoms in total. The number of pyridine rings is 2. The Kier molecular flexibility index (Phi) is 15.4. The van der Waals surface area contributed by atoms with Gasteiger partial charge in [-0.2, -0.15) is 0 Å². The van der Waals surface area contributed by atoms with Gasteiger partial charge in [0.25, 0.3) is 0 Å². The van der Waals surface area contributed by atoms with Gasteiger partial charge in [-0.15, -0.1) is 12.4 Å². The van der Waals surface area contributed by atoms with Crippen LogP contribution in [0.3, 0.4) is 0 Å². The maximum Gasteiger partial charge on any atom is 0.492 e. The van der Waals surface area contributed by atoms with Gasteiger partial charge >= 0.3 is 19.3 Å². The van der Waals surface area contributed by atoms with Gasteiger partial charge in [0.05, 0.1) is 11.2 Å². The highest BCUT2D eigenvalue weighted by molar-refractivity contribution is 9.10. The average molecular weight is 764 g/mol. The minimum absolute atomic E-state index is 0. The SMILES string of the molecule is Brc1ccncc1.CC(C)(C)OC(=O)N1CCC=C(B2OC(C)(C)C(C)(C)O2)C1.CC(C)(C)OC(=O)N1CCC=C(c2ccncc2)C1.Cl. The predicted octanol–water partition coefficient (Wildman–Crippen LogP) is 8.56. The van der Waals surface area contributed by atoms with Gasteiger partial charge in [0, 0.05) is 55.4 Å². The van der Waals surface area contributed by atoms with Crippen LogP contribution in [-0.2, 0) is 18.8 Å². The summed E-state index contributed by atoms with van der Waals surface area (Å²) in [6.45, 7) is 21.9. The fourth-order valence-electron chi connectivity index (χ4n) is 4.75. The summed E-state index contributed by atoms with van der Waals surface area (Å²) in [7, 11) is -0.393. The van der Waals surface area contributed by atoms with E-state index in [0.29, 0.717) is 26.2 Å². The second-order valence-electron chi connectivity index (χ2n) is 14.9. The number of ether oxygens (including phenoxy) is 2. The highest BCUT2D eigenvalue weighted by Crippen LogP contribution is 2.39. The zero-order valence-corrected chi connectivity index (χ0v) is 33.0. The van der Waals surface area contributed by atoms with E-state index in [4.69, 9.17) is 18.8 Å². The molecule has 13 heteroatoms. The molecule has 270 valence electrons. The van der Waals surface area contributed by atoms with Crippen molar-refractivity contribution in [2.75, 3.05) is 26.2 Å². The fraction of sp³-hybridized carbons (Fsp3) is 0.556. The molecule has 0 saturated carbocycles. The van der Waals surface area contributed by atoms with Gasteiger partial charge in [-0.1, -0.05) is 28.1 Å². The number of hydrogen-bond donors (Lipinski definition) is 0. The Labute approximate surface area is 307 Å². The Morgan fingerprint density at radius 2 is 1.18 bits per heavy atom. The number of hydrogen-bond acceptors (Lipinski definition) is 8. The Morgan fingerprint density at radius 1 is 0.755 bits per heavy atom. The summed E-state index contributed by atoms with van der Waals surface area (Å²) in [6.07, 6.45) is 12.4. The van der Waals surface area contributed by atoms with Gasteiger partial charge in [0.2, 0.25) is 0 Å². The third-order valence-corrected chi connectivity index (χ3v) is 8.41. The van der Waals surface area contributed by atoms with E-state index in [0.717, 1.165) is 33.9 Å². The van der Waals surface area contributed by atoms with Gasteiger partial charge in [-0.05, 0) is 123 Å². The molecule has 2 aromatic heterocycles. The molecule has 5 rings (SSSR count). The Bertz CT molecular complexity index is 1410. The molecule has 2 aromatic rings. The molecule has 5 heterocycles. The van der Waals surface area contributed by atoms with Gasteiger partial charge in [-0.25, -0.2) is 9.59 Å². The lowest BCUT2D eigenvalue weighted by Crippen LogP contribution is -2.42. The van der Waals surface area contributed by atoms with Crippen molar-refractivity contribution in [2.24, 2.45) is 0 Å². The van der Waals surface area contributed by atoms with Crippen LogP contribution in [0, 0.1) is 0 Å². The van der Waals surface area contributed by atoms with Crippen molar-refractivity contribution in [1.82, 2.24) is 19.8 Å². The molecule has 0 radical (unpaired) electrons. The largest absolute Gasteiger partial charge is 0.492 e. The number of rotatable bonds is 2. The first kappa shape index (κ1) is 42.2. The van der Waals surface area contributed by atoms with E-state index in [9.17, 15) is 9.59 Å². The Hall–Kier alpha value is -2.93. The van der Waals surface area contributed by atoms with Crippen LogP contribution in [0.1, 0.15) is 87.6 Å². The maximum atomic E-state index is 12.2. The summed E-state index contributed by atoms with van der Waals surface area (Å²) >= 11 is 3.27. The molecule has 0 N–H and O–H groups in total. The molecule has 3 aliphatic rings. The predicted molar refractivity (Wildman–Crippen MR) is 200 cm³/mol. The number of nitrogens with zero attached hydrogens (tertiary/aromatic N) is 4. The van der Waals surface area contributed by atoms with Gasteiger partial charge in [0.1, 0.15) is 11.2 Å². The Balaban J connectivity index is 0.000000281. The molecule has 3 aliphatic heterocycles. The molecule has 0 spiro atoms. The average Bonchev–Trinajstić information content (AvgIpc) is 3.23. The highest BCUT2D eigenvalue weighted by Gasteiger charge is 2.52. The highest BCUT2D eigenvalue weighted by atomic mass is 79.9. The van der Waals surface area contributed by atoms with E-state index in [1.807, 2.05) is 93.5 Å². The van der Waals surface area contributed by atoms with Gasteiger partial charge in [-0.3, -0.25) is 9.97 Å². The topological polar surface area (TPSA) is 103 Å². The van der Waals surface area contributed by atoms with E-state index in [-0.39, 0.29) is 35.8 Å². The number of aromatic nitrogens is 2. The molecule has 2 amide bonds. The molecule has 0 aromatic carbocycles. The lowest BCUT2D eigenvalue weighted by molar-refractivity contribution is 0.00578. The van der Waals surface area contributed by atoms with E-state index in [2.05, 4.69) is 38.0 Å². The first-order chi connectivity index (χ1) is 22.3. The number of amides is 2. The van der Waals surface area contributed by atoms with Crippen LogP contribution in [-0.4, -0.2) is 87.7 Å². The smallest absolute Gasteiger partial charge is 0.444 e. The second-order valence-corrected chi connectivity index (χ2v) is 15.8. The molecule has 49 heavy (non-hydrogen) atoms. The van der Waals surface area contributed by atoms with Gasteiger partial charge < -0.3 is 28.6 Å². The van der Waals surface area contributed by atoms with Crippen LogP contribution in [0.25, 0.3) is 5.57 Å². The van der Waals surface area contributed by atoms with Crippen molar-refractivity contribution >= 4 is 53.2 Å². The molecule has 0 aliphatic carbocycles. The van der Waals surface area contributed by atoms with Crippen molar-refractivity contribution in [3.05, 3.63) is 76.7 Å². The second kappa shape index (κ2) is 17.8. The summed E-state index contributed by atoms with van der Waals surface area (Å²) in [5.41, 5.74) is 1.59. The molecule has 0 unspecified atom stereocenters. The molecular weight excluding hydrogens is 711 g/mol. The van der Waals surface area contributed by atoms with Crippen molar-refractivity contribution < 1.29 is 28.4 Å². The summed E-state index contributed by atoms with van der Waals surface area (Å²) in [5, 5.41) is 0. The number of carbonyl (C=O) groups is 2. The first-order valence-corrected chi connectivity index (χ1v) is 17.2. The normalized spacial score (nSPS) is 18.3. The van der Waals surface area contributed by atoms with Crippen LogP contribution in [0.15, 0.2) is 71.2 Å². The molecule has 0 atom stereocenters. The van der Waals surface area contributed by atoms with E-state index in [1.165, 1.54) is 0 Å². The zero-order valence-electron chi connectivity index (χ0n) is 30.6. The van der Waals surface area contributed by atoms with Crippen LogP contribution in [0.5, 0.6) is 0 Å². The number of halogens is 2.